The molecule has 0 bridgehead atoms. The Labute approximate surface area is 150 Å². The van der Waals surface area contributed by atoms with Gasteiger partial charge in [-0.3, -0.25) is 4.79 Å². The normalized spacial score (nSPS) is 11.2. The van der Waals surface area contributed by atoms with Crippen molar-refractivity contribution < 1.29 is 9.18 Å². The summed E-state index contributed by atoms with van der Waals surface area (Å²) in [5.74, 6) is -0.0502. The first-order valence-corrected chi connectivity index (χ1v) is 9.15. The molecule has 0 saturated heterocycles. The maximum Gasteiger partial charge on any atom is 0.234 e. The first-order chi connectivity index (χ1) is 12.0. The van der Waals surface area contributed by atoms with Crippen molar-refractivity contribution in [2.45, 2.75) is 25.5 Å². The molecule has 2 aromatic carbocycles. The van der Waals surface area contributed by atoms with E-state index >= 15 is 0 Å². The van der Waals surface area contributed by atoms with Gasteiger partial charge in [-0.2, -0.15) is 0 Å². The molecule has 0 aliphatic carbocycles. The fourth-order valence-electron chi connectivity index (χ4n) is 2.58. The first kappa shape index (κ1) is 17.5. The lowest BCUT2D eigenvalue weighted by molar-refractivity contribution is -0.113. The maximum atomic E-state index is 13.6. The van der Waals surface area contributed by atoms with Gasteiger partial charge in [0.25, 0.3) is 0 Å². The monoisotopic (exact) mass is 357 g/mol. The highest BCUT2D eigenvalue weighted by atomic mass is 32.2. The predicted molar refractivity (Wildman–Crippen MR) is 100 cm³/mol. The van der Waals surface area contributed by atoms with E-state index in [1.807, 2.05) is 24.3 Å². The second-order valence-electron chi connectivity index (χ2n) is 6.20. The zero-order chi connectivity index (χ0) is 17.8. The van der Waals surface area contributed by atoms with Gasteiger partial charge in [-0.1, -0.05) is 49.9 Å². The summed E-state index contributed by atoms with van der Waals surface area (Å²) in [6.45, 7) is 5.12. The molecule has 0 saturated carbocycles. The average Bonchev–Trinajstić information content (AvgIpc) is 2.92. The second kappa shape index (κ2) is 7.70. The number of nitrogens with zero attached hydrogens (tertiary/aromatic N) is 2. The van der Waals surface area contributed by atoms with Crippen molar-refractivity contribution in [1.29, 1.82) is 0 Å². The van der Waals surface area contributed by atoms with Crippen molar-refractivity contribution in [3.8, 4) is 0 Å². The van der Waals surface area contributed by atoms with E-state index in [1.165, 1.54) is 17.8 Å². The Bertz CT molecular complexity index is 891. The van der Waals surface area contributed by atoms with Crippen LogP contribution in [0, 0.1) is 11.7 Å². The van der Waals surface area contributed by atoms with E-state index in [9.17, 15) is 9.18 Å². The molecule has 0 unspecified atom stereocenters. The molecule has 1 amide bonds. The van der Waals surface area contributed by atoms with Crippen LogP contribution >= 0.6 is 11.8 Å². The Morgan fingerprint density at radius 3 is 2.68 bits per heavy atom. The third kappa shape index (κ3) is 4.20. The van der Waals surface area contributed by atoms with Gasteiger partial charge < -0.3 is 9.88 Å². The van der Waals surface area contributed by atoms with Crippen LogP contribution in [-0.4, -0.2) is 21.2 Å². The molecule has 1 N–H and O–H groups in total. The number of imidazole rings is 1. The zero-order valence-electron chi connectivity index (χ0n) is 14.2. The van der Waals surface area contributed by atoms with Crippen LogP contribution < -0.4 is 5.32 Å². The highest BCUT2D eigenvalue weighted by Crippen LogP contribution is 2.25. The second-order valence-corrected chi connectivity index (χ2v) is 7.15. The van der Waals surface area contributed by atoms with E-state index in [-0.39, 0.29) is 17.3 Å². The molecular formula is C19H20FN3OS. The molecule has 3 rings (SSSR count). The summed E-state index contributed by atoms with van der Waals surface area (Å²) in [7, 11) is 0. The largest absolute Gasteiger partial charge is 0.323 e. The van der Waals surface area contributed by atoms with Crippen molar-refractivity contribution in [2.75, 3.05) is 11.1 Å². The van der Waals surface area contributed by atoms with Gasteiger partial charge in [-0.25, -0.2) is 9.37 Å². The number of para-hydroxylation sites is 3. The minimum atomic E-state index is -0.437. The summed E-state index contributed by atoms with van der Waals surface area (Å²) in [5.41, 5.74) is 2.18. The molecule has 130 valence electrons. The minimum Gasteiger partial charge on any atom is -0.323 e. The van der Waals surface area contributed by atoms with Crippen LogP contribution in [0.5, 0.6) is 0 Å². The van der Waals surface area contributed by atoms with Crippen LogP contribution in [0.4, 0.5) is 10.1 Å². The smallest absolute Gasteiger partial charge is 0.234 e. The fraction of sp³-hybridized carbons (Fsp3) is 0.263. The van der Waals surface area contributed by atoms with Gasteiger partial charge in [-0.15, -0.1) is 0 Å². The van der Waals surface area contributed by atoms with Crippen molar-refractivity contribution in [3.63, 3.8) is 0 Å². The van der Waals surface area contributed by atoms with Crippen molar-refractivity contribution in [1.82, 2.24) is 9.55 Å². The molecule has 0 fully saturated rings. The lowest BCUT2D eigenvalue weighted by Gasteiger charge is -2.11. The lowest BCUT2D eigenvalue weighted by Crippen LogP contribution is -2.15. The molecule has 6 heteroatoms. The standard InChI is InChI=1S/C19H20FN3OS/c1-13(2)11-23-17-10-6-5-9-16(17)22-19(23)25-12-18(24)21-15-8-4-3-7-14(15)20/h3-10,13H,11-12H2,1-2H3,(H,21,24). The molecule has 4 nitrogen and oxygen atoms in total. The van der Waals surface area contributed by atoms with Crippen LogP contribution in [0.3, 0.4) is 0 Å². The number of amides is 1. The number of fused-ring (bicyclic) bond motifs is 1. The van der Waals surface area contributed by atoms with Gasteiger partial charge in [-0.05, 0) is 30.2 Å². The third-order valence-corrected chi connectivity index (χ3v) is 4.62. The summed E-state index contributed by atoms with van der Waals surface area (Å²) in [6, 6.07) is 14.1. The molecule has 0 aliphatic rings. The number of anilines is 1. The van der Waals surface area contributed by atoms with Gasteiger partial charge >= 0.3 is 0 Å². The number of rotatable bonds is 6. The molecule has 1 heterocycles. The van der Waals surface area contributed by atoms with Crippen LogP contribution in [0.15, 0.2) is 53.7 Å². The van der Waals surface area contributed by atoms with Crippen LogP contribution in [0.25, 0.3) is 11.0 Å². The van der Waals surface area contributed by atoms with E-state index in [1.54, 1.807) is 18.2 Å². The van der Waals surface area contributed by atoms with Gasteiger partial charge in [0.15, 0.2) is 5.16 Å². The fourth-order valence-corrected chi connectivity index (χ4v) is 3.41. The molecule has 0 aliphatic heterocycles. The maximum absolute atomic E-state index is 13.6. The number of nitrogens with one attached hydrogen (secondary N) is 1. The number of aromatic nitrogens is 2. The number of hydrogen-bond acceptors (Lipinski definition) is 3. The Balaban J connectivity index is 1.74. The molecule has 0 radical (unpaired) electrons. The Kier molecular flexibility index (Phi) is 5.38. The summed E-state index contributed by atoms with van der Waals surface area (Å²) < 4.78 is 15.8. The number of halogens is 1. The number of benzene rings is 2. The van der Waals surface area contributed by atoms with E-state index in [2.05, 4.69) is 28.7 Å². The number of carbonyl (C=O) groups is 1. The summed E-state index contributed by atoms with van der Waals surface area (Å²) in [4.78, 5) is 16.8. The van der Waals surface area contributed by atoms with E-state index in [4.69, 9.17) is 0 Å². The van der Waals surface area contributed by atoms with Crippen LogP contribution in [-0.2, 0) is 11.3 Å². The number of carbonyl (C=O) groups excluding carboxylic acids is 1. The van der Waals surface area contributed by atoms with Gasteiger partial charge in [0.05, 0.1) is 22.5 Å². The summed E-state index contributed by atoms with van der Waals surface area (Å²) in [5, 5.41) is 3.41. The summed E-state index contributed by atoms with van der Waals surface area (Å²) >= 11 is 1.37. The molecule has 1 aromatic heterocycles. The molecule has 0 atom stereocenters. The average molecular weight is 357 g/mol. The molecule has 0 spiro atoms. The number of hydrogen-bond donors (Lipinski definition) is 1. The van der Waals surface area contributed by atoms with Gasteiger partial charge in [0, 0.05) is 6.54 Å². The SMILES string of the molecule is CC(C)Cn1c(SCC(=O)Nc2ccccc2F)nc2ccccc21. The van der Waals surface area contributed by atoms with E-state index in [0.717, 1.165) is 22.7 Å². The van der Waals surface area contributed by atoms with Gasteiger partial charge in [0.1, 0.15) is 5.82 Å². The van der Waals surface area contributed by atoms with Crippen molar-refractivity contribution >= 4 is 34.4 Å². The molecule has 25 heavy (non-hydrogen) atoms. The topological polar surface area (TPSA) is 46.9 Å². The predicted octanol–water partition coefficient (Wildman–Crippen LogP) is 4.56. The van der Waals surface area contributed by atoms with E-state index in [0.29, 0.717) is 5.92 Å². The van der Waals surface area contributed by atoms with Crippen LogP contribution in [0.1, 0.15) is 13.8 Å². The summed E-state index contributed by atoms with van der Waals surface area (Å²) in [6.07, 6.45) is 0. The quantitative estimate of drug-likeness (QED) is 0.658. The van der Waals surface area contributed by atoms with Crippen molar-refractivity contribution in [2.24, 2.45) is 5.92 Å². The molecular weight excluding hydrogens is 337 g/mol. The highest BCUT2D eigenvalue weighted by molar-refractivity contribution is 7.99. The third-order valence-electron chi connectivity index (χ3n) is 3.65. The molecule has 3 aromatic rings. The van der Waals surface area contributed by atoms with Crippen LogP contribution in [0.2, 0.25) is 0 Å². The van der Waals surface area contributed by atoms with Crippen molar-refractivity contribution in [3.05, 3.63) is 54.3 Å². The Hall–Kier alpha value is -2.34. The Morgan fingerprint density at radius 1 is 1.20 bits per heavy atom. The number of thioether (sulfide) groups is 1. The minimum absolute atomic E-state index is 0.176. The van der Waals surface area contributed by atoms with Gasteiger partial charge in [0.2, 0.25) is 5.91 Å². The highest BCUT2D eigenvalue weighted by Gasteiger charge is 2.14. The lowest BCUT2D eigenvalue weighted by atomic mass is 10.2. The van der Waals surface area contributed by atoms with E-state index < -0.39 is 5.82 Å². The Morgan fingerprint density at radius 2 is 1.92 bits per heavy atom. The zero-order valence-corrected chi connectivity index (χ0v) is 15.0. The first-order valence-electron chi connectivity index (χ1n) is 8.17.